The molecule has 0 amide bonds. The van der Waals surface area contributed by atoms with Crippen LogP contribution < -0.4 is 5.73 Å². The number of nitrogens with two attached hydrogens (primary N) is 1. The maximum absolute atomic E-state index is 6.60. The van der Waals surface area contributed by atoms with Gasteiger partial charge in [0.05, 0.1) is 0 Å². The molecule has 0 spiro atoms. The van der Waals surface area contributed by atoms with Gasteiger partial charge in [0.2, 0.25) is 0 Å². The summed E-state index contributed by atoms with van der Waals surface area (Å²) in [6, 6.07) is 0. The zero-order chi connectivity index (χ0) is 13.5. The fraction of sp³-hybridized carbons (Fsp3) is 1.00. The van der Waals surface area contributed by atoms with Gasteiger partial charge in [-0.05, 0) is 31.1 Å². The van der Waals surface area contributed by atoms with E-state index in [9.17, 15) is 0 Å². The first-order valence-corrected chi connectivity index (χ1v) is 8.26. The smallest absolute Gasteiger partial charge is 0.0159 e. The Kier molecular flexibility index (Phi) is 6.70. The van der Waals surface area contributed by atoms with Crippen LogP contribution in [0.15, 0.2) is 0 Å². The zero-order valence-corrected chi connectivity index (χ0v) is 13.1. The molecule has 0 heterocycles. The van der Waals surface area contributed by atoms with Crippen LogP contribution in [0, 0.1) is 5.41 Å². The number of unbranched alkanes of at least 4 members (excludes halogenated alkanes) is 6. The monoisotopic (exact) mass is 253 g/mol. The summed E-state index contributed by atoms with van der Waals surface area (Å²) in [6.07, 6.45) is 16.2. The van der Waals surface area contributed by atoms with E-state index in [2.05, 4.69) is 20.8 Å². The molecule has 0 aromatic carbocycles. The van der Waals surface area contributed by atoms with Gasteiger partial charge >= 0.3 is 0 Å². The largest absolute Gasteiger partial charge is 0.325 e. The molecule has 2 N–H and O–H groups in total. The number of hydrogen-bond acceptors (Lipinski definition) is 1. The van der Waals surface area contributed by atoms with Gasteiger partial charge in [-0.25, -0.2) is 0 Å². The lowest BCUT2D eigenvalue weighted by Gasteiger charge is -2.42. The van der Waals surface area contributed by atoms with Crippen LogP contribution in [-0.2, 0) is 0 Å². The van der Waals surface area contributed by atoms with Crippen molar-refractivity contribution in [1.29, 1.82) is 0 Å². The number of hydrogen-bond donors (Lipinski definition) is 1. The Balaban J connectivity index is 2.10. The van der Waals surface area contributed by atoms with Crippen molar-refractivity contribution in [3.63, 3.8) is 0 Å². The van der Waals surface area contributed by atoms with Crippen molar-refractivity contribution in [3.8, 4) is 0 Å². The molecular formula is C17H35N. The van der Waals surface area contributed by atoms with Gasteiger partial charge in [-0.2, -0.15) is 0 Å². The van der Waals surface area contributed by atoms with Crippen molar-refractivity contribution in [2.75, 3.05) is 0 Å². The van der Waals surface area contributed by atoms with Crippen molar-refractivity contribution in [2.24, 2.45) is 11.1 Å². The van der Waals surface area contributed by atoms with Gasteiger partial charge in [-0.15, -0.1) is 0 Å². The molecule has 0 aromatic rings. The molecule has 1 atom stereocenters. The Hall–Kier alpha value is -0.0400. The Morgan fingerprint density at radius 2 is 1.50 bits per heavy atom. The molecule has 1 nitrogen and oxygen atoms in total. The molecule has 1 aliphatic rings. The predicted molar refractivity (Wildman–Crippen MR) is 81.8 cm³/mol. The van der Waals surface area contributed by atoms with Crippen LogP contribution in [0.1, 0.15) is 97.8 Å². The molecule has 1 heteroatoms. The molecule has 18 heavy (non-hydrogen) atoms. The minimum atomic E-state index is 0.158. The first-order chi connectivity index (χ1) is 8.47. The van der Waals surface area contributed by atoms with Crippen LogP contribution in [-0.4, -0.2) is 5.54 Å². The third-order valence-corrected chi connectivity index (χ3v) is 4.64. The summed E-state index contributed by atoms with van der Waals surface area (Å²) in [5, 5.41) is 0. The normalized spacial score (nSPS) is 27.3. The molecule has 108 valence electrons. The standard InChI is InChI=1S/C17H35N/c1-4-5-6-7-8-9-10-13-17(18)14-11-12-16(2,3)15-17/h4-15,18H2,1-3H3. The van der Waals surface area contributed by atoms with Crippen LogP contribution >= 0.6 is 0 Å². The van der Waals surface area contributed by atoms with Gasteiger partial charge in [0, 0.05) is 5.54 Å². The summed E-state index contributed by atoms with van der Waals surface area (Å²) in [6.45, 7) is 7.06. The summed E-state index contributed by atoms with van der Waals surface area (Å²) in [7, 11) is 0. The molecule has 0 saturated heterocycles. The first-order valence-electron chi connectivity index (χ1n) is 8.26. The van der Waals surface area contributed by atoms with Crippen LogP contribution in [0.25, 0.3) is 0 Å². The van der Waals surface area contributed by atoms with E-state index in [-0.39, 0.29) is 5.54 Å². The van der Waals surface area contributed by atoms with Crippen LogP contribution in [0.3, 0.4) is 0 Å². The lowest BCUT2D eigenvalue weighted by molar-refractivity contribution is 0.141. The van der Waals surface area contributed by atoms with Crippen molar-refractivity contribution in [1.82, 2.24) is 0 Å². The van der Waals surface area contributed by atoms with E-state index in [1.807, 2.05) is 0 Å². The quantitative estimate of drug-likeness (QED) is 0.574. The van der Waals surface area contributed by atoms with Crippen LogP contribution in [0.2, 0.25) is 0 Å². The van der Waals surface area contributed by atoms with E-state index >= 15 is 0 Å². The van der Waals surface area contributed by atoms with Crippen molar-refractivity contribution in [2.45, 2.75) is 103 Å². The molecule has 0 bridgehead atoms. The highest BCUT2D eigenvalue weighted by molar-refractivity contribution is 4.94. The minimum Gasteiger partial charge on any atom is -0.325 e. The van der Waals surface area contributed by atoms with Crippen molar-refractivity contribution >= 4 is 0 Å². The first kappa shape index (κ1) is 16.0. The van der Waals surface area contributed by atoms with E-state index < -0.39 is 0 Å². The highest BCUT2D eigenvalue weighted by atomic mass is 14.8. The Morgan fingerprint density at radius 3 is 2.11 bits per heavy atom. The van der Waals surface area contributed by atoms with Crippen LogP contribution in [0.4, 0.5) is 0 Å². The third kappa shape index (κ3) is 6.22. The second-order valence-corrected chi connectivity index (χ2v) is 7.43. The van der Waals surface area contributed by atoms with E-state index in [0.717, 1.165) is 0 Å². The average Bonchev–Trinajstić information content (AvgIpc) is 2.26. The minimum absolute atomic E-state index is 0.158. The maximum Gasteiger partial charge on any atom is 0.0159 e. The zero-order valence-electron chi connectivity index (χ0n) is 13.1. The van der Waals surface area contributed by atoms with Gasteiger partial charge in [-0.3, -0.25) is 0 Å². The second-order valence-electron chi connectivity index (χ2n) is 7.43. The van der Waals surface area contributed by atoms with E-state index in [1.54, 1.807) is 0 Å². The highest BCUT2D eigenvalue weighted by Gasteiger charge is 2.36. The molecule has 1 unspecified atom stereocenters. The molecule has 1 aliphatic carbocycles. The molecular weight excluding hydrogens is 218 g/mol. The molecule has 0 aromatic heterocycles. The van der Waals surface area contributed by atoms with E-state index in [1.165, 1.54) is 77.0 Å². The fourth-order valence-electron chi connectivity index (χ4n) is 3.70. The molecule has 1 saturated carbocycles. The Bertz CT molecular complexity index is 222. The SMILES string of the molecule is CCCCCCCCCC1(N)CCCC(C)(C)C1. The highest BCUT2D eigenvalue weighted by Crippen LogP contribution is 2.41. The summed E-state index contributed by atoms with van der Waals surface area (Å²) >= 11 is 0. The second kappa shape index (κ2) is 7.53. The summed E-state index contributed by atoms with van der Waals surface area (Å²) < 4.78 is 0. The Morgan fingerprint density at radius 1 is 0.889 bits per heavy atom. The summed E-state index contributed by atoms with van der Waals surface area (Å²) in [4.78, 5) is 0. The van der Waals surface area contributed by atoms with E-state index in [4.69, 9.17) is 5.73 Å². The third-order valence-electron chi connectivity index (χ3n) is 4.64. The van der Waals surface area contributed by atoms with Gasteiger partial charge in [0.1, 0.15) is 0 Å². The Labute approximate surface area is 115 Å². The topological polar surface area (TPSA) is 26.0 Å². The number of rotatable bonds is 8. The maximum atomic E-state index is 6.60. The average molecular weight is 253 g/mol. The molecule has 1 rings (SSSR count). The molecule has 1 fully saturated rings. The fourth-order valence-corrected chi connectivity index (χ4v) is 3.70. The van der Waals surface area contributed by atoms with Gasteiger partial charge < -0.3 is 5.73 Å². The predicted octanol–water partition coefficient (Wildman–Crippen LogP) is 5.42. The van der Waals surface area contributed by atoms with Crippen molar-refractivity contribution < 1.29 is 0 Å². The summed E-state index contributed by atoms with van der Waals surface area (Å²) in [5.41, 5.74) is 7.24. The molecule has 0 radical (unpaired) electrons. The van der Waals surface area contributed by atoms with Gasteiger partial charge in [0.25, 0.3) is 0 Å². The van der Waals surface area contributed by atoms with Crippen LogP contribution in [0.5, 0.6) is 0 Å². The lowest BCUT2D eigenvalue weighted by atomic mass is 9.67. The van der Waals surface area contributed by atoms with Crippen molar-refractivity contribution in [3.05, 3.63) is 0 Å². The van der Waals surface area contributed by atoms with E-state index in [0.29, 0.717) is 5.41 Å². The van der Waals surface area contributed by atoms with Gasteiger partial charge in [0.15, 0.2) is 0 Å². The lowest BCUT2D eigenvalue weighted by Crippen LogP contribution is -2.46. The molecule has 0 aliphatic heterocycles. The summed E-state index contributed by atoms with van der Waals surface area (Å²) in [5.74, 6) is 0. The van der Waals surface area contributed by atoms with Gasteiger partial charge in [-0.1, -0.05) is 72.1 Å².